The molecule has 0 atom stereocenters. The van der Waals surface area contributed by atoms with E-state index in [0.29, 0.717) is 34.8 Å². The van der Waals surface area contributed by atoms with Crippen LogP contribution in [0.5, 0.6) is 11.5 Å². The first kappa shape index (κ1) is 18.4. The second kappa shape index (κ2) is 9.40. The van der Waals surface area contributed by atoms with Crippen molar-refractivity contribution in [1.82, 2.24) is 0 Å². The Kier molecular flexibility index (Phi) is 7.22. The van der Waals surface area contributed by atoms with Crippen molar-refractivity contribution in [2.45, 2.75) is 20.3 Å². The molecule has 0 spiro atoms. The fourth-order valence-electron chi connectivity index (χ4n) is 1.98. The third-order valence-electron chi connectivity index (χ3n) is 3.03. The molecule has 128 valence electrons. The molecule has 1 N–H and O–H groups in total. The number of ether oxygens (including phenoxy) is 2. The lowest BCUT2D eigenvalue weighted by Gasteiger charge is -2.13. The summed E-state index contributed by atoms with van der Waals surface area (Å²) in [4.78, 5) is 0. The molecule has 2 aromatic rings. The van der Waals surface area contributed by atoms with Crippen LogP contribution < -0.4 is 14.9 Å². The van der Waals surface area contributed by atoms with Gasteiger partial charge in [-0.15, -0.1) is 0 Å². The summed E-state index contributed by atoms with van der Waals surface area (Å²) in [6, 6.07) is 10.9. The molecule has 4 nitrogen and oxygen atoms in total. The van der Waals surface area contributed by atoms with Gasteiger partial charge in [0, 0.05) is 5.02 Å². The number of nitrogens with one attached hydrogen (secondary N) is 1. The zero-order chi connectivity index (χ0) is 17.4. The number of nitrogens with zero attached hydrogens (tertiary/aromatic N) is 1. The van der Waals surface area contributed by atoms with E-state index in [1.165, 1.54) is 0 Å². The highest BCUT2D eigenvalue weighted by Gasteiger charge is 2.11. The molecule has 0 aliphatic rings. The molecule has 24 heavy (non-hydrogen) atoms. The van der Waals surface area contributed by atoms with Gasteiger partial charge in [0.2, 0.25) is 0 Å². The molecule has 0 saturated carbocycles. The van der Waals surface area contributed by atoms with Gasteiger partial charge in [0.15, 0.2) is 11.5 Å². The van der Waals surface area contributed by atoms with Gasteiger partial charge >= 0.3 is 0 Å². The van der Waals surface area contributed by atoms with E-state index in [1.54, 1.807) is 24.4 Å². The van der Waals surface area contributed by atoms with Gasteiger partial charge in [0.25, 0.3) is 0 Å². The molecular formula is C18H20Cl2N2O2. The normalized spacial score (nSPS) is 10.8. The van der Waals surface area contributed by atoms with Crippen molar-refractivity contribution in [2.24, 2.45) is 5.10 Å². The first-order valence-corrected chi connectivity index (χ1v) is 8.53. The van der Waals surface area contributed by atoms with E-state index in [1.807, 2.05) is 32.0 Å². The van der Waals surface area contributed by atoms with E-state index in [9.17, 15) is 0 Å². The number of hydrogen-bond acceptors (Lipinski definition) is 4. The quantitative estimate of drug-likeness (QED) is 0.486. The third kappa shape index (κ3) is 5.32. The number of halogens is 2. The van der Waals surface area contributed by atoms with E-state index in [2.05, 4.69) is 10.5 Å². The van der Waals surface area contributed by atoms with Crippen LogP contribution in [-0.4, -0.2) is 19.4 Å². The van der Waals surface area contributed by atoms with Crippen LogP contribution in [0.3, 0.4) is 0 Å². The number of anilines is 1. The van der Waals surface area contributed by atoms with Crippen molar-refractivity contribution >= 4 is 35.1 Å². The molecule has 0 unspecified atom stereocenters. The molecule has 0 heterocycles. The minimum Gasteiger partial charge on any atom is -0.490 e. The summed E-state index contributed by atoms with van der Waals surface area (Å²) in [6.07, 6.45) is 2.57. The van der Waals surface area contributed by atoms with E-state index in [-0.39, 0.29) is 0 Å². The first-order chi connectivity index (χ1) is 11.6. The summed E-state index contributed by atoms with van der Waals surface area (Å²) in [5.41, 5.74) is 4.59. The smallest absolute Gasteiger partial charge is 0.179 e. The maximum absolute atomic E-state index is 6.32. The second-order valence-corrected chi connectivity index (χ2v) is 5.83. The van der Waals surface area contributed by atoms with Crippen LogP contribution in [0.15, 0.2) is 41.5 Å². The Balaban J connectivity index is 2.14. The molecule has 0 bridgehead atoms. The third-order valence-corrected chi connectivity index (χ3v) is 3.57. The van der Waals surface area contributed by atoms with Crippen LogP contribution in [0.1, 0.15) is 25.8 Å². The summed E-state index contributed by atoms with van der Waals surface area (Å²) in [5.74, 6) is 1.19. The zero-order valence-corrected chi connectivity index (χ0v) is 15.2. The number of rotatable bonds is 8. The average molecular weight is 367 g/mol. The van der Waals surface area contributed by atoms with Crippen molar-refractivity contribution < 1.29 is 9.47 Å². The lowest BCUT2D eigenvalue weighted by molar-refractivity contribution is 0.277. The second-order valence-electron chi connectivity index (χ2n) is 4.99. The lowest BCUT2D eigenvalue weighted by Crippen LogP contribution is -2.02. The van der Waals surface area contributed by atoms with Crippen LogP contribution in [0.2, 0.25) is 10.0 Å². The molecular weight excluding hydrogens is 347 g/mol. The first-order valence-electron chi connectivity index (χ1n) is 7.77. The van der Waals surface area contributed by atoms with E-state index < -0.39 is 0 Å². The van der Waals surface area contributed by atoms with Gasteiger partial charge < -0.3 is 9.47 Å². The lowest BCUT2D eigenvalue weighted by atomic mass is 10.2. The van der Waals surface area contributed by atoms with Crippen molar-refractivity contribution in [1.29, 1.82) is 0 Å². The number of hydrogen-bond donors (Lipinski definition) is 1. The van der Waals surface area contributed by atoms with Crippen molar-refractivity contribution in [3.63, 3.8) is 0 Å². The summed E-state index contributed by atoms with van der Waals surface area (Å²) in [5, 5.41) is 5.39. The minimum absolute atomic E-state index is 0.502. The van der Waals surface area contributed by atoms with Gasteiger partial charge in [-0.05, 0) is 55.3 Å². The Morgan fingerprint density at radius 3 is 2.50 bits per heavy atom. The van der Waals surface area contributed by atoms with Gasteiger partial charge in [0.1, 0.15) is 0 Å². The maximum atomic E-state index is 6.32. The van der Waals surface area contributed by atoms with Crippen LogP contribution >= 0.6 is 23.2 Å². The Morgan fingerprint density at radius 1 is 1.08 bits per heavy atom. The Labute approximate surface area is 152 Å². The molecule has 0 saturated heterocycles. The SMILES string of the molecule is CCCOc1c(Cl)cc(/C=N/Nc2ccc(Cl)cc2)cc1OCC. The predicted octanol–water partition coefficient (Wildman–Crippen LogP) is 5.63. The van der Waals surface area contributed by atoms with Crippen molar-refractivity contribution in [3.8, 4) is 11.5 Å². The Bertz CT molecular complexity index is 688. The molecule has 0 amide bonds. The molecule has 6 heteroatoms. The van der Waals surface area contributed by atoms with Crippen LogP contribution in [0, 0.1) is 0 Å². The largest absolute Gasteiger partial charge is 0.490 e. The van der Waals surface area contributed by atoms with Gasteiger partial charge in [-0.3, -0.25) is 5.43 Å². The van der Waals surface area contributed by atoms with Gasteiger partial charge in [-0.25, -0.2) is 0 Å². The van der Waals surface area contributed by atoms with Gasteiger partial charge in [-0.1, -0.05) is 30.1 Å². The van der Waals surface area contributed by atoms with Gasteiger partial charge in [0.05, 0.1) is 30.1 Å². The van der Waals surface area contributed by atoms with E-state index in [0.717, 1.165) is 17.7 Å². The fourth-order valence-corrected chi connectivity index (χ4v) is 2.38. The number of benzene rings is 2. The molecule has 0 radical (unpaired) electrons. The molecule has 0 aromatic heterocycles. The minimum atomic E-state index is 0.502. The highest BCUT2D eigenvalue weighted by molar-refractivity contribution is 6.32. The summed E-state index contributed by atoms with van der Waals surface area (Å²) >= 11 is 12.2. The maximum Gasteiger partial charge on any atom is 0.179 e. The molecule has 2 aromatic carbocycles. The number of hydrazone groups is 1. The van der Waals surface area contributed by atoms with E-state index in [4.69, 9.17) is 32.7 Å². The highest BCUT2D eigenvalue weighted by Crippen LogP contribution is 2.36. The average Bonchev–Trinajstić information content (AvgIpc) is 2.56. The fraction of sp³-hybridized carbons (Fsp3) is 0.278. The molecule has 2 rings (SSSR count). The van der Waals surface area contributed by atoms with Crippen LogP contribution in [-0.2, 0) is 0 Å². The molecule has 0 aliphatic heterocycles. The zero-order valence-electron chi connectivity index (χ0n) is 13.7. The molecule has 0 aliphatic carbocycles. The summed E-state index contributed by atoms with van der Waals surface area (Å²) < 4.78 is 11.3. The molecule has 0 fully saturated rings. The Hall–Kier alpha value is -1.91. The van der Waals surface area contributed by atoms with Crippen LogP contribution in [0.4, 0.5) is 5.69 Å². The topological polar surface area (TPSA) is 42.8 Å². The Morgan fingerprint density at radius 2 is 1.83 bits per heavy atom. The highest BCUT2D eigenvalue weighted by atomic mass is 35.5. The van der Waals surface area contributed by atoms with Gasteiger partial charge in [-0.2, -0.15) is 5.10 Å². The summed E-state index contributed by atoms with van der Waals surface area (Å²) in [6.45, 7) is 5.08. The van der Waals surface area contributed by atoms with Crippen LogP contribution in [0.25, 0.3) is 0 Å². The summed E-state index contributed by atoms with van der Waals surface area (Å²) in [7, 11) is 0. The van der Waals surface area contributed by atoms with Crippen molar-refractivity contribution in [2.75, 3.05) is 18.6 Å². The van der Waals surface area contributed by atoms with E-state index >= 15 is 0 Å². The standard InChI is InChI=1S/C18H20Cl2N2O2/c1-3-9-24-18-16(20)10-13(11-17(18)23-4-2)12-21-22-15-7-5-14(19)6-8-15/h5-8,10-12,22H,3-4,9H2,1-2H3/b21-12+. The van der Waals surface area contributed by atoms with Crippen molar-refractivity contribution in [3.05, 3.63) is 52.0 Å². The predicted molar refractivity (Wildman–Crippen MR) is 101 cm³/mol. The monoisotopic (exact) mass is 366 g/mol.